The standard InChI is InChI=1S/C26H38O3/c1-9-29-25(27)12-19(6)10-11-23-24(16-28-8)26(23,7)22-14-20(17(2)3)13-21(15-22)18(4)5/h10-15,17-18,23-24H,9,16H2,1-8H3/t23-,24-,26-/m0/s1. The number of allylic oxidation sites excluding steroid dienone is 3. The number of rotatable bonds is 9. The molecule has 0 saturated heterocycles. The van der Waals surface area contributed by atoms with Crippen LogP contribution in [0.4, 0.5) is 0 Å². The van der Waals surface area contributed by atoms with E-state index in [1.54, 1.807) is 13.2 Å². The first-order chi connectivity index (χ1) is 13.6. The molecule has 0 aliphatic heterocycles. The van der Waals surface area contributed by atoms with Gasteiger partial charge in [-0.25, -0.2) is 4.79 Å². The number of hydrogen-bond donors (Lipinski definition) is 0. The maximum atomic E-state index is 11.7. The van der Waals surface area contributed by atoms with Crippen molar-refractivity contribution >= 4 is 5.97 Å². The van der Waals surface area contributed by atoms with E-state index in [1.165, 1.54) is 16.7 Å². The van der Waals surface area contributed by atoms with Crippen molar-refractivity contribution in [3.63, 3.8) is 0 Å². The summed E-state index contributed by atoms with van der Waals surface area (Å²) in [4.78, 5) is 11.7. The van der Waals surface area contributed by atoms with Crippen LogP contribution in [0.1, 0.15) is 77.0 Å². The van der Waals surface area contributed by atoms with Crippen LogP contribution in [-0.4, -0.2) is 26.3 Å². The fourth-order valence-corrected chi connectivity index (χ4v) is 4.16. The molecule has 0 N–H and O–H groups in total. The van der Waals surface area contributed by atoms with Gasteiger partial charge in [0.2, 0.25) is 0 Å². The summed E-state index contributed by atoms with van der Waals surface area (Å²) in [5, 5.41) is 0. The smallest absolute Gasteiger partial charge is 0.330 e. The molecule has 29 heavy (non-hydrogen) atoms. The molecule has 0 bridgehead atoms. The van der Waals surface area contributed by atoms with Crippen molar-refractivity contribution in [2.24, 2.45) is 11.8 Å². The van der Waals surface area contributed by atoms with Crippen molar-refractivity contribution in [1.82, 2.24) is 0 Å². The maximum Gasteiger partial charge on any atom is 0.330 e. The molecule has 0 spiro atoms. The molecule has 0 radical (unpaired) electrons. The lowest BCUT2D eigenvalue weighted by molar-refractivity contribution is -0.137. The number of carbonyl (C=O) groups is 1. The Balaban J connectivity index is 2.35. The van der Waals surface area contributed by atoms with Gasteiger partial charge in [-0.05, 0) is 59.8 Å². The van der Waals surface area contributed by atoms with Gasteiger partial charge in [-0.15, -0.1) is 0 Å². The quantitative estimate of drug-likeness (QED) is 0.284. The fourth-order valence-electron chi connectivity index (χ4n) is 4.16. The van der Waals surface area contributed by atoms with E-state index in [2.05, 4.69) is 58.9 Å². The Morgan fingerprint density at radius 2 is 1.72 bits per heavy atom. The van der Waals surface area contributed by atoms with Gasteiger partial charge in [-0.3, -0.25) is 0 Å². The van der Waals surface area contributed by atoms with E-state index >= 15 is 0 Å². The first kappa shape index (κ1) is 23.4. The van der Waals surface area contributed by atoms with Crippen LogP contribution in [-0.2, 0) is 19.7 Å². The number of methoxy groups -OCH3 is 1. The highest BCUT2D eigenvalue weighted by molar-refractivity contribution is 5.83. The summed E-state index contributed by atoms with van der Waals surface area (Å²) < 4.78 is 10.6. The largest absolute Gasteiger partial charge is 0.463 e. The van der Waals surface area contributed by atoms with Crippen LogP contribution >= 0.6 is 0 Å². The van der Waals surface area contributed by atoms with Crippen molar-refractivity contribution in [2.45, 2.75) is 65.7 Å². The molecule has 0 heterocycles. The van der Waals surface area contributed by atoms with Gasteiger partial charge in [0.1, 0.15) is 0 Å². The Hall–Kier alpha value is -1.87. The zero-order valence-corrected chi connectivity index (χ0v) is 19.4. The molecule has 1 saturated carbocycles. The van der Waals surface area contributed by atoms with Crippen molar-refractivity contribution in [2.75, 3.05) is 20.3 Å². The van der Waals surface area contributed by atoms with Crippen LogP contribution in [0.25, 0.3) is 0 Å². The molecule has 1 aromatic carbocycles. The van der Waals surface area contributed by atoms with Gasteiger partial charge >= 0.3 is 5.97 Å². The van der Waals surface area contributed by atoms with E-state index in [0.717, 1.165) is 12.2 Å². The van der Waals surface area contributed by atoms with Crippen molar-refractivity contribution in [3.05, 3.63) is 58.7 Å². The number of hydrogen-bond acceptors (Lipinski definition) is 3. The highest BCUT2D eigenvalue weighted by Crippen LogP contribution is 2.61. The fraction of sp³-hybridized carbons (Fsp3) is 0.577. The second-order valence-corrected chi connectivity index (χ2v) is 9.07. The second-order valence-electron chi connectivity index (χ2n) is 9.07. The van der Waals surface area contributed by atoms with Gasteiger partial charge in [0.05, 0.1) is 13.2 Å². The minimum absolute atomic E-state index is 0.0469. The molecule has 3 heteroatoms. The third-order valence-corrected chi connectivity index (χ3v) is 6.26. The Morgan fingerprint density at radius 1 is 1.14 bits per heavy atom. The SMILES string of the molecule is CCOC(=O)C=C(C)C=C[C@H]1[C@H](COC)[C@@]1(C)c1cc(C(C)C)cc(C(C)C)c1. The molecule has 1 aromatic rings. The van der Waals surface area contributed by atoms with Gasteiger partial charge in [-0.2, -0.15) is 0 Å². The zero-order valence-electron chi connectivity index (χ0n) is 19.4. The molecule has 0 aromatic heterocycles. The second kappa shape index (κ2) is 9.75. The molecule has 1 fully saturated rings. The summed E-state index contributed by atoms with van der Waals surface area (Å²) in [6, 6.07) is 7.12. The monoisotopic (exact) mass is 398 g/mol. The molecule has 2 rings (SSSR count). The van der Waals surface area contributed by atoms with Crippen LogP contribution < -0.4 is 0 Å². The highest BCUT2D eigenvalue weighted by Gasteiger charge is 2.60. The molecule has 0 amide bonds. The molecule has 160 valence electrons. The summed E-state index contributed by atoms with van der Waals surface area (Å²) in [7, 11) is 1.77. The Labute approximate surface area is 177 Å². The van der Waals surface area contributed by atoms with Gasteiger partial charge in [0, 0.05) is 18.6 Å². The molecule has 0 unspecified atom stereocenters. The average molecular weight is 399 g/mol. The number of carbonyl (C=O) groups excluding carboxylic acids is 1. The normalized spacial score (nSPS) is 24.6. The molecule has 1 aliphatic rings. The van der Waals surface area contributed by atoms with Crippen molar-refractivity contribution in [1.29, 1.82) is 0 Å². The van der Waals surface area contributed by atoms with Crippen molar-refractivity contribution in [3.8, 4) is 0 Å². The summed E-state index contributed by atoms with van der Waals surface area (Å²) in [6.07, 6.45) is 5.85. The zero-order chi connectivity index (χ0) is 21.8. The van der Waals surface area contributed by atoms with E-state index in [1.807, 2.05) is 19.9 Å². The number of benzene rings is 1. The third kappa shape index (κ3) is 5.39. The van der Waals surface area contributed by atoms with Gasteiger partial charge < -0.3 is 9.47 Å². The van der Waals surface area contributed by atoms with Crippen molar-refractivity contribution < 1.29 is 14.3 Å². The molecular formula is C26H38O3. The lowest BCUT2D eigenvalue weighted by atomic mass is 9.86. The molecular weight excluding hydrogens is 360 g/mol. The van der Waals surface area contributed by atoms with Crippen LogP contribution in [0, 0.1) is 11.8 Å². The molecule has 3 atom stereocenters. The van der Waals surface area contributed by atoms with Crippen LogP contribution in [0.2, 0.25) is 0 Å². The summed E-state index contributed by atoms with van der Waals surface area (Å²) >= 11 is 0. The Kier molecular flexibility index (Phi) is 7.87. The lowest BCUT2D eigenvalue weighted by Crippen LogP contribution is -2.10. The van der Waals surface area contributed by atoms with Gasteiger partial charge in [0.15, 0.2) is 0 Å². The summed E-state index contributed by atoms with van der Waals surface area (Å²) in [5.41, 5.74) is 5.16. The highest BCUT2D eigenvalue weighted by atomic mass is 16.5. The van der Waals surface area contributed by atoms with E-state index in [0.29, 0.717) is 30.3 Å². The number of ether oxygens (including phenoxy) is 2. The number of esters is 1. The predicted octanol–water partition coefficient (Wildman–Crippen LogP) is 6.15. The van der Waals surface area contributed by atoms with Gasteiger partial charge in [0.25, 0.3) is 0 Å². The van der Waals surface area contributed by atoms with E-state index in [9.17, 15) is 4.79 Å². The van der Waals surface area contributed by atoms with Gasteiger partial charge in [-0.1, -0.05) is 65.0 Å². The minimum Gasteiger partial charge on any atom is -0.463 e. The van der Waals surface area contributed by atoms with Crippen LogP contribution in [0.5, 0.6) is 0 Å². The average Bonchev–Trinajstić information content (AvgIpc) is 3.23. The first-order valence-electron chi connectivity index (χ1n) is 10.8. The van der Waals surface area contributed by atoms with E-state index < -0.39 is 0 Å². The van der Waals surface area contributed by atoms with E-state index in [-0.39, 0.29) is 11.4 Å². The summed E-state index contributed by atoms with van der Waals surface area (Å²) in [5.74, 6) is 1.53. The van der Waals surface area contributed by atoms with Crippen LogP contribution in [0.3, 0.4) is 0 Å². The van der Waals surface area contributed by atoms with E-state index in [4.69, 9.17) is 9.47 Å². The molecule has 1 aliphatic carbocycles. The lowest BCUT2D eigenvalue weighted by Gasteiger charge is -2.19. The summed E-state index contributed by atoms with van der Waals surface area (Å²) in [6.45, 7) is 16.3. The first-order valence-corrected chi connectivity index (χ1v) is 10.8. The molecule has 3 nitrogen and oxygen atoms in total. The Bertz CT molecular complexity index is 746. The minimum atomic E-state index is -0.284. The topological polar surface area (TPSA) is 35.5 Å². The predicted molar refractivity (Wildman–Crippen MR) is 120 cm³/mol. The maximum absolute atomic E-state index is 11.7. The van der Waals surface area contributed by atoms with Crippen LogP contribution in [0.15, 0.2) is 42.0 Å². The Morgan fingerprint density at radius 3 is 2.21 bits per heavy atom. The third-order valence-electron chi connectivity index (χ3n) is 6.26.